The topological polar surface area (TPSA) is 3.24 Å². The Kier molecular flexibility index (Phi) is 8.42. The molecule has 0 atom stereocenters. The van der Waals surface area contributed by atoms with Crippen LogP contribution in [-0.4, -0.2) is 0 Å². The molecule has 0 aliphatic heterocycles. The summed E-state index contributed by atoms with van der Waals surface area (Å²) in [5.41, 5.74) is 13.1. The molecule has 0 amide bonds. The summed E-state index contributed by atoms with van der Waals surface area (Å²) in [7, 11) is 0. The third kappa shape index (κ3) is 5.77. The van der Waals surface area contributed by atoms with E-state index in [1.165, 1.54) is 91.9 Å². The van der Waals surface area contributed by atoms with Crippen LogP contribution in [0.2, 0.25) is 0 Å². The van der Waals surface area contributed by atoms with Gasteiger partial charge < -0.3 is 4.90 Å². The van der Waals surface area contributed by atoms with Crippen molar-refractivity contribution in [2.24, 2.45) is 0 Å². The number of rotatable bonds is 7. The van der Waals surface area contributed by atoms with E-state index >= 15 is 0 Å². The highest BCUT2D eigenvalue weighted by atomic mass is 32.1. The van der Waals surface area contributed by atoms with Crippen LogP contribution in [0.15, 0.2) is 224 Å². The molecule has 1 heterocycles. The van der Waals surface area contributed by atoms with E-state index in [-0.39, 0.29) is 0 Å². The second kappa shape index (κ2) is 14.4. The highest BCUT2D eigenvalue weighted by Gasteiger charge is 2.22. The molecule has 11 rings (SSSR count). The van der Waals surface area contributed by atoms with Gasteiger partial charge in [0.15, 0.2) is 0 Å². The molecule has 11 aromatic rings. The SMILES string of the molecule is c1ccc(-c2ccccc2N(c2ccc(-c3ccc4c(c3)c(-c3ccccc3)c(-c3ccccc3)c3ccccc34)cc2)c2cccc3sc4ccccc4c23)cc1. The molecule has 272 valence electrons. The van der Waals surface area contributed by atoms with Gasteiger partial charge in [0.1, 0.15) is 0 Å². The minimum Gasteiger partial charge on any atom is -0.309 e. The second-order valence-corrected chi connectivity index (χ2v) is 15.9. The van der Waals surface area contributed by atoms with Gasteiger partial charge in [-0.3, -0.25) is 0 Å². The molecule has 0 spiro atoms. The zero-order chi connectivity index (χ0) is 38.4. The molecule has 58 heavy (non-hydrogen) atoms. The molecule has 1 aromatic heterocycles. The fourth-order valence-electron chi connectivity index (χ4n) is 8.86. The first-order chi connectivity index (χ1) is 28.8. The molecule has 1 nitrogen and oxygen atoms in total. The van der Waals surface area contributed by atoms with E-state index in [1.807, 2.05) is 11.3 Å². The van der Waals surface area contributed by atoms with Crippen LogP contribution in [0, 0.1) is 0 Å². The summed E-state index contributed by atoms with van der Waals surface area (Å²) < 4.78 is 2.58. The van der Waals surface area contributed by atoms with Crippen molar-refractivity contribution in [1.82, 2.24) is 0 Å². The van der Waals surface area contributed by atoms with Crippen molar-refractivity contribution < 1.29 is 0 Å². The average molecular weight is 756 g/mol. The summed E-state index contributed by atoms with van der Waals surface area (Å²) in [4.78, 5) is 2.46. The zero-order valence-corrected chi connectivity index (χ0v) is 32.5. The largest absolute Gasteiger partial charge is 0.309 e. The lowest BCUT2D eigenvalue weighted by molar-refractivity contribution is 1.30. The maximum atomic E-state index is 2.46. The molecular weight excluding hydrogens is 719 g/mol. The van der Waals surface area contributed by atoms with Gasteiger partial charge in [0.25, 0.3) is 0 Å². The standard InChI is InChI=1S/C56H37NS/c1-4-17-39(18-5-1)44-23-12-14-27-50(44)57(51-28-16-30-53-56(51)48-26-13-15-29-52(48)58-53)43-34-31-38(32-35-43)42-33-36-46-45-24-10-11-25-47(45)54(40-19-6-2-7-20-40)55(49(46)37-42)41-21-8-3-9-22-41/h1-37H. The number of hydrogen-bond donors (Lipinski definition) is 0. The van der Waals surface area contributed by atoms with E-state index in [0.717, 1.165) is 11.4 Å². The van der Waals surface area contributed by atoms with Crippen LogP contribution < -0.4 is 4.90 Å². The van der Waals surface area contributed by atoms with Crippen LogP contribution in [-0.2, 0) is 0 Å². The Hall–Kier alpha value is -7.26. The molecule has 0 saturated carbocycles. The highest BCUT2D eigenvalue weighted by Crippen LogP contribution is 2.48. The molecular formula is C56H37NS. The third-order valence-electron chi connectivity index (χ3n) is 11.5. The fourth-order valence-corrected chi connectivity index (χ4v) is 9.99. The predicted molar refractivity (Wildman–Crippen MR) is 251 cm³/mol. The highest BCUT2D eigenvalue weighted by molar-refractivity contribution is 7.26. The first-order valence-corrected chi connectivity index (χ1v) is 20.7. The molecule has 2 heteroatoms. The lowest BCUT2D eigenvalue weighted by atomic mass is 9.84. The number of hydrogen-bond acceptors (Lipinski definition) is 2. The minimum atomic E-state index is 1.11. The Morgan fingerprint density at radius 1 is 0.293 bits per heavy atom. The van der Waals surface area contributed by atoms with Crippen LogP contribution in [0.3, 0.4) is 0 Å². The number of nitrogens with zero attached hydrogens (tertiary/aromatic N) is 1. The molecule has 0 bridgehead atoms. The molecule has 0 unspecified atom stereocenters. The van der Waals surface area contributed by atoms with Crippen LogP contribution in [0.25, 0.3) is 86.2 Å². The van der Waals surface area contributed by atoms with Gasteiger partial charge in [-0.2, -0.15) is 0 Å². The number of fused-ring (bicyclic) bond motifs is 6. The summed E-state index contributed by atoms with van der Waals surface area (Å²) in [6, 6.07) is 81.9. The summed E-state index contributed by atoms with van der Waals surface area (Å²) in [6.45, 7) is 0. The van der Waals surface area contributed by atoms with Crippen LogP contribution in [0.5, 0.6) is 0 Å². The lowest BCUT2D eigenvalue weighted by Gasteiger charge is -2.29. The van der Waals surface area contributed by atoms with Crippen molar-refractivity contribution in [3.05, 3.63) is 224 Å². The lowest BCUT2D eigenvalue weighted by Crippen LogP contribution is -2.11. The Morgan fingerprint density at radius 3 is 1.53 bits per heavy atom. The molecule has 0 N–H and O–H groups in total. The van der Waals surface area contributed by atoms with E-state index in [0.29, 0.717) is 0 Å². The Morgan fingerprint density at radius 2 is 0.810 bits per heavy atom. The van der Waals surface area contributed by atoms with Gasteiger partial charge in [0.05, 0.1) is 11.4 Å². The Balaban J connectivity index is 1.11. The minimum absolute atomic E-state index is 1.11. The molecule has 0 saturated heterocycles. The van der Waals surface area contributed by atoms with Gasteiger partial charge in [-0.1, -0.05) is 182 Å². The fraction of sp³-hybridized carbons (Fsp3) is 0. The summed E-state index contributed by atoms with van der Waals surface area (Å²) in [5, 5.41) is 7.60. The predicted octanol–water partition coefficient (Wildman–Crippen LogP) is 16.5. The van der Waals surface area contributed by atoms with Gasteiger partial charge in [0, 0.05) is 31.4 Å². The number of thiophene rings is 1. The van der Waals surface area contributed by atoms with Crippen molar-refractivity contribution in [3.8, 4) is 44.5 Å². The average Bonchev–Trinajstić information content (AvgIpc) is 3.69. The van der Waals surface area contributed by atoms with Gasteiger partial charge in [-0.05, 0) is 103 Å². The first-order valence-electron chi connectivity index (χ1n) is 19.8. The van der Waals surface area contributed by atoms with Crippen molar-refractivity contribution in [2.45, 2.75) is 0 Å². The van der Waals surface area contributed by atoms with Crippen molar-refractivity contribution in [2.75, 3.05) is 4.90 Å². The monoisotopic (exact) mass is 755 g/mol. The normalized spacial score (nSPS) is 11.4. The number of benzene rings is 10. The van der Waals surface area contributed by atoms with E-state index in [9.17, 15) is 0 Å². The van der Waals surface area contributed by atoms with Crippen molar-refractivity contribution in [3.63, 3.8) is 0 Å². The smallest absolute Gasteiger partial charge is 0.0555 e. The summed E-state index contributed by atoms with van der Waals surface area (Å²) >= 11 is 1.86. The van der Waals surface area contributed by atoms with E-state index < -0.39 is 0 Å². The molecule has 10 aromatic carbocycles. The van der Waals surface area contributed by atoms with E-state index in [1.54, 1.807) is 0 Å². The van der Waals surface area contributed by atoms with Crippen LogP contribution in [0.1, 0.15) is 0 Å². The molecule has 0 fully saturated rings. The molecule has 0 aliphatic carbocycles. The van der Waals surface area contributed by atoms with Crippen molar-refractivity contribution in [1.29, 1.82) is 0 Å². The second-order valence-electron chi connectivity index (χ2n) is 14.8. The van der Waals surface area contributed by atoms with Gasteiger partial charge in [-0.25, -0.2) is 0 Å². The molecule has 0 radical (unpaired) electrons. The maximum absolute atomic E-state index is 2.46. The van der Waals surface area contributed by atoms with Crippen molar-refractivity contribution >= 4 is 70.1 Å². The summed E-state index contributed by atoms with van der Waals surface area (Å²) in [5.74, 6) is 0. The Bertz CT molecular complexity index is 3260. The third-order valence-corrected chi connectivity index (χ3v) is 12.6. The van der Waals surface area contributed by atoms with E-state index in [2.05, 4.69) is 229 Å². The van der Waals surface area contributed by atoms with Crippen LogP contribution >= 0.6 is 11.3 Å². The van der Waals surface area contributed by atoms with Gasteiger partial charge >= 0.3 is 0 Å². The zero-order valence-electron chi connectivity index (χ0n) is 31.7. The van der Waals surface area contributed by atoms with Crippen LogP contribution in [0.4, 0.5) is 17.1 Å². The van der Waals surface area contributed by atoms with Gasteiger partial charge in [-0.15, -0.1) is 11.3 Å². The maximum Gasteiger partial charge on any atom is 0.0555 e. The summed E-state index contributed by atoms with van der Waals surface area (Å²) in [6.07, 6.45) is 0. The number of para-hydroxylation sites is 1. The molecule has 0 aliphatic rings. The van der Waals surface area contributed by atoms with E-state index in [4.69, 9.17) is 0 Å². The Labute approximate surface area is 342 Å². The first kappa shape index (κ1) is 34.0. The quantitative estimate of drug-likeness (QED) is 0.146. The number of anilines is 3. The van der Waals surface area contributed by atoms with Gasteiger partial charge in [0.2, 0.25) is 0 Å².